The SMILES string of the molecule is CN=C(NCc1ccn(-c2ccccc2)n1)N1CCN(c2ccccn2)CC1. The Kier molecular flexibility index (Phi) is 5.51. The average molecular weight is 375 g/mol. The van der Waals surface area contributed by atoms with Gasteiger partial charge in [0.05, 0.1) is 17.9 Å². The summed E-state index contributed by atoms with van der Waals surface area (Å²) in [6.07, 6.45) is 3.83. The van der Waals surface area contributed by atoms with Gasteiger partial charge in [0.15, 0.2) is 5.96 Å². The fourth-order valence-corrected chi connectivity index (χ4v) is 3.37. The molecular weight excluding hydrogens is 350 g/mol. The molecule has 0 radical (unpaired) electrons. The number of hydrogen-bond donors (Lipinski definition) is 1. The Morgan fingerprint density at radius 3 is 2.50 bits per heavy atom. The lowest BCUT2D eigenvalue weighted by atomic mass is 10.3. The van der Waals surface area contributed by atoms with Gasteiger partial charge in [-0.15, -0.1) is 0 Å². The predicted molar refractivity (Wildman–Crippen MR) is 112 cm³/mol. The molecule has 0 bridgehead atoms. The zero-order valence-corrected chi connectivity index (χ0v) is 16.1. The first kappa shape index (κ1) is 18.0. The van der Waals surface area contributed by atoms with Crippen LogP contribution in [0.15, 0.2) is 72.0 Å². The van der Waals surface area contributed by atoms with Crippen molar-refractivity contribution in [2.24, 2.45) is 4.99 Å². The highest BCUT2D eigenvalue weighted by Gasteiger charge is 2.20. The fraction of sp³-hybridized carbons (Fsp3) is 0.286. The molecule has 0 amide bonds. The van der Waals surface area contributed by atoms with E-state index in [1.807, 2.05) is 72.7 Å². The van der Waals surface area contributed by atoms with E-state index in [0.717, 1.165) is 49.3 Å². The normalized spacial score (nSPS) is 15.0. The van der Waals surface area contributed by atoms with Crippen LogP contribution in [0.25, 0.3) is 5.69 Å². The zero-order valence-electron chi connectivity index (χ0n) is 16.1. The number of hydrogen-bond acceptors (Lipinski definition) is 4. The Morgan fingerprint density at radius 2 is 1.79 bits per heavy atom. The Labute approximate surface area is 165 Å². The maximum absolute atomic E-state index is 4.65. The van der Waals surface area contributed by atoms with E-state index in [1.54, 1.807) is 0 Å². The topological polar surface area (TPSA) is 61.6 Å². The number of nitrogens with one attached hydrogen (secondary N) is 1. The molecule has 0 atom stereocenters. The van der Waals surface area contributed by atoms with E-state index in [2.05, 4.69) is 36.3 Å². The molecule has 7 nitrogen and oxygen atoms in total. The summed E-state index contributed by atoms with van der Waals surface area (Å²) in [4.78, 5) is 13.5. The summed E-state index contributed by atoms with van der Waals surface area (Å²) in [6, 6.07) is 18.2. The van der Waals surface area contributed by atoms with E-state index in [0.29, 0.717) is 6.54 Å². The van der Waals surface area contributed by atoms with E-state index in [1.165, 1.54) is 0 Å². The molecule has 28 heavy (non-hydrogen) atoms. The molecule has 1 aliphatic heterocycles. The highest BCUT2D eigenvalue weighted by Crippen LogP contribution is 2.13. The fourth-order valence-electron chi connectivity index (χ4n) is 3.37. The van der Waals surface area contributed by atoms with Crippen LogP contribution in [-0.2, 0) is 6.54 Å². The summed E-state index contributed by atoms with van der Waals surface area (Å²) in [6.45, 7) is 4.33. The number of guanidine groups is 1. The first-order chi connectivity index (χ1) is 13.8. The largest absolute Gasteiger partial charge is 0.353 e. The number of benzene rings is 1. The van der Waals surface area contributed by atoms with Crippen molar-refractivity contribution in [3.63, 3.8) is 0 Å². The highest BCUT2D eigenvalue weighted by molar-refractivity contribution is 5.80. The Morgan fingerprint density at radius 1 is 1.00 bits per heavy atom. The molecule has 4 rings (SSSR count). The van der Waals surface area contributed by atoms with Gasteiger partial charge in [-0.1, -0.05) is 24.3 Å². The molecule has 3 heterocycles. The molecule has 1 aromatic carbocycles. The number of piperazine rings is 1. The van der Waals surface area contributed by atoms with Crippen LogP contribution < -0.4 is 10.2 Å². The molecule has 0 saturated carbocycles. The van der Waals surface area contributed by atoms with Crippen LogP contribution in [0.1, 0.15) is 5.69 Å². The second-order valence-electron chi connectivity index (χ2n) is 6.65. The van der Waals surface area contributed by atoms with Crippen LogP contribution in [0.4, 0.5) is 5.82 Å². The van der Waals surface area contributed by atoms with Crippen molar-refractivity contribution in [2.75, 3.05) is 38.1 Å². The molecule has 1 aliphatic rings. The van der Waals surface area contributed by atoms with Crippen molar-refractivity contribution in [2.45, 2.75) is 6.54 Å². The smallest absolute Gasteiger partial charge is 0.194 e. The van der Waals surface area contributed by atoms with E-state index in [9.17, 15) is 0 Å². The molecular formula is C21H25N7. The summed E-state index contributed by atoms with van der Waals surface area (Å²) in [7, 11) is 1.83. The van der Waals surface area contributed by atoms with E-state index in [4.69, 9.17) is 0 Å². The van der Waals surface area contributed by atoms with E-state index < -0.39 is 0 Å². The summed E-state index contributed by atoms with van der Waals surface area (Å²) in [5, 5.41) is 8.09. The van der Waals surface area contributed by atoms with Crippen LogP contribution in [0.3, 0.4) is 0 Å². The van der Waals surface area contributed by atoms with Crippen molar-refractivity contribution in [1.29, 1.82) is 0 Å². The molecule has 0 spiro atoms. The molecule has 2 aromatic heterocycles. The molecule has 3 aromatic rings. The monoisotopic (exact) mass is 375 g/mol. The van der Waals surface area contributed by atoms with E-state index >= 15 is 0 Å². The van der Waals surface area contributed by atoms with Crippen LogP contribution in [-0.4, -0.2) is 58.9 Å². The van der Waals surface area contributed by atoms with Crippen LogP contribution in [0.5, 0.6) is 0 Å². The van der Waals surface area contributed by atoms with E-state index in [-0.39, 0.29) is 0 Å². The van der Waals surface area contributed by atoms with Gasteiger partial charge in [0, 0.05) is 45.6 Å². The minimum Gasteiger partial charge on any atom is -0.353 e. The maximum atomic E-state index is 4.65. The molecule has 1 fully saturated rings. The molecule has 144 valence electrons. The first-order valence-electron chi connectivity index (χ1n) is 9.55. The van der Waals surface area contributed by atoms with Crippen LogP contribution >= 0.6 is 0 Å². The first-order valence-corrected chi connectivity index (χ1v) is 9.55. The zero-order chi connectivity index (χ0) is 19.2. The minimum absolute atomic E-state index is 0.646. The second kappa shape index (κ2) is 8.56. The average Bonchev–Trinajstić information content (AvgIpc) is 3.25. The summed E-state index contributed by atoms with van der Waals surface area (Å²) in [5.41, 5.74) is 2.04. The van der Waals surface area contributed by atoms with Gasteiger partial charge in [-0.2, -0.15) is 5.10 Å². The number of rotatable bonds is 4. The quantitative estimate of drug-likeness (QED) is 0.559. The number of para-hydroxylation sites is 1. The van der Waals surface area contributed by atoms with Crippen molar-refractivity contribution < 1.29 is 0 Å². The van der Waals surface area contributed by atoms with Crippen LogP contribution in [0, 0.1) is 0 Å². The summed E-state index contributed by atoms with van der Waals surface area (Å²) in [5.74, 6) is 1.95. The number of aliphatic imine (C=N–C) groups is 1. The molecule has 0 unspecified atom stereocenters. The third-order valence-corrected chi connectivity index (χ3v) is 4.86. The van der Waals surface area contributed by atoms with Crippen LogP contribution in [0.2, 0.25) is 0 Å². The molecule has 0 aliphatic carbocycles. The lowest BCUT2D eigenvalue weighted by Crippen LogP contribution is -2.52. The second-order valence-corrected chi connectivity index (χ2v) is 6.65. The summed E-state index contributed by atoms with van der Waals surface area (Å²) < 4.78 is 1.89. The Bertz CT molecular complexity index is 897. The van der Waals surface area contributed by atoms with Gasteiger partial charge in [0.25, 0.3) is 0 Å². The lowest BCUT2D eigenvalue weighted by molar-refractivity contribution is 0.371. The number of aromatic nitrogens is 3. The molecule has 7 heteroatoms. The van der Waals surface area contributed by atoms with Gasteiger partial charge in [-0.25, -0.2) is 9.67 Å². The number of pyridine rings is 1. The standard InChI is InChI=1S/C21H25N7/c1-22-21(27-15-13-26(14-16-27)20-9-5-6-11-23-20)24-17-18-10-12-28(25-18)19-7-3-2-4-8-19/h2-12H,13-17H2,1H3,(H,22,24). The minimum atomic E-state index is 0.646. The lowest BCUT2D eigenvalue weighted by Gasteiger charge is -2.37. The highest BCUT2D eigenvalue weighted by atomic mass is 15.4. The van der Waals surface area contributed by atoms with Crippen molar-refractivity contribution in [3.8, 4) is 5.69 Å². The van der Waals surface area contributed by atoms with Gasteiger partial charge >= 0.3 is 0 Å². The maximum Gasteiger partial charge on any atom is 0.194 e. The Balaban J connectivity index is 1.32. The number of anilines is 1. The van der Waals surface area contributed by atoms with Crippen molar-refractivity contribution in [3.05, 3.63) is 72.7 Å². The van der Waals surface area contributed by atoms with Crippen molar-refractivity contribution in [1.82, 2.24) is 25.0 Å². The Hall–Kier alpha value is -3.35. The predicted octanol–water partition coefficient (Wildman–Crippen LogP) is 2.16. The third-order valence-electron chi connectivity index (χ3n) is 4.86. The molecule has 1 N–H and O–H groups in total. The number of nitrogens with zero attached hydrogens (tertiary/aromatic N) is 6. The van der Waals surface area contributed by atoms with Gasteiger partial charge in [0.2, 0.25) is 0 Å². The van der Waals surface area contributed by atoms with Crippen molar-refractivity contribution >= 4 is 11.8 Å². The molecule has 1 saturated heterocycles. The van der Waals surface area contributed by atoms with Gasteiger partial charge in [0.1, 0.15) is 5.82 Å². The third kappa shape index (κ3) is 4.14. The van der Waals surface area contributed by atoms with Gasteiger partial charge < -0.3 is 15.1 Å². The van der Waals surface area contributed by atoms with Gasteiger partial charge in [-0.05, 0) is 30.3 Å². The summed E-state index contributed by atoms with van der Waals surface area (Å²) >= 11 is 0. The van der Waals surface area contributed by atoms with Gasteiger partial charge in [-0.3, -0.25) is 4.99 Å².